The van der Waals surface area contributed by atoms with E-state index in [2.05, 4.69) is 38.2 Å². The van der Waals surface area contributed by atoms with E-state index in [-0.39, 0.29) is 11.6 Å². The molecule has 3 atom stereocenters. The number of hydrogen-bond acceptors (Lipinski definition) is 3. The van der Waals surface area contributed by atoms with Crippen molar-refractivity contribution < 1.29 is 9.84 Å². The molecule has 1 saturated carbocycles. The van der Waals surface area contributed by atoms with Gasteiger partial charge in [-0.3, -0.25) is 0 Å². The zero-order valence-corrected chi connectivity index (χ0v) is 13.4. The van der Waals surface area contributed by atoms with Gasteiger partial charge in [-0.05, 0) is 38.7 Å². The zero-order chi connectivity index (χ0) is 15.1. The average molecular weight is 289 g/mol. The number of aliphatic hydroxyl groups is 1. The standard InChI is InChI=1S/C18H27NO2/c1-13-7-6-10-18(20,11-13)12-19-16-14-8-4-5-9-15(14)21-17(16,2)3/h4-5,8-9,13,16,19-20H,6-7,10-12H2,1-3H3. The summed E-state index contributed by atoms with van der Waals surface area (Å²) >= 11 is 0. The summed E-state index contributed by atoms with van der Waals surface area (Å²) in [6, 6.07) is 8.34. The highest BCUT2D eigenvalue weighted by Gasteiger charge is 2.42. The highest BCUT2D eigenvalue weighted by Crippen LogP contribution is 2.43. The summed E-state index contributed by atoms with van der Waals surface area (Å²) < 4.78 is 6.06. The van der Waals surface area contributed by atoms with Crippen LogP contribution in [0.25, 0.3) is 0 Å². The van der Waals surface area contributed by atoms with Gasteiger partial charge in [0.1, 0.15) is 11.4 Å². The van der Waals surface area contributed by atoms with Gasteiger partial charge in [0.15, 0.2) is 0 Å². The Labute approximate surface area is 127 Å². The Hall–Kier alpha value is -1.06. The molecule has 0 bridgehead atoms. The fraction of sp³-hybridized carbons (Fsp3) is 0.667. The molecule has 3 nitrogen and oxygen atoms in total. The zero-order valence-electron chi connectivity index (χ0n) is 13.4. The second-order valence-electron chi connectivity index (χ2n) is 7.48. The van der Waals surface area contributed by atoms with Crippen LogP contribution in [0.2, 0.25) is 0 Å². The summed E-state index contributed by atoms with van der Waals surface area (Å²) in [5.41, 5.74) is 0.362. The minimum absolute atomic E-state index is 0.134. The summed E-state index contributed by atoms with van der Waals surface area (Å²) in [6.07, 6.45) is 4.17. The normalized spacial score (nSPS) is 34.3. The van der Waals surface area contributed by atoms with E-state index in [4.69, 9.17) is 4.74 Å². The van der Waals surface area contributed by atoms with Crippen molar-refractivity contribution in [2.45, 2.75) is 63.7 Å². The molecule has 1 fully saturated rings. The first kappa shape index (κ1) is 14.9. The number of fused-ring (bicyclic) bond motifs is 1. The topological polar surface area (TPSA) is 41.5 Å². The van der Waals surface area contributed by atoms with Crippen LogP contribution in [0.5, 0.6) is 5.75 Å². The Morgan fingerprint density at radius 1 is 1.33 bits per heavy atom. The summed E-state index contributed by atoms with van der Waals surface area (Å²) in [6.45, 7) is 7.10. The van der Waals surface area contributed by atoms with Crippen molar-refractivity contribution in [2.75, 3.05) is 6.54 Å². The monoisotopic (exact) mass is 289 g/mol. The van der Waals surface area contributed by atoms with Gasteiger partial charge in [-0.2, -0.15) is 0 Å². The fourth-order valence-electron chi connectivity index (χ4n) is 3.97. The van der Waals surface area contributed by atoms with Gasteiger partial charge >= 0.3 is 0 Å². The maximum Gasteiger partial charge on any atom is 0.125 e. The van der Waals surface area contributed by atoms with Gasteiger partial charge in [0.25, 0.3) is 0 Å². The molecular formula is C18H27NO2. The molecule has 0 saturated heterocycles. The van der Waals surface area contributed by atoms with Gasteiger partial charge in [0, 0.05) is 12.1 Å². The predicted octanol–water partition coefficient (Wildman–Crippen LogP) is 3.43. The molecule has 2 aliphatic rings. The summed E-state index contributed by atoms with van der Waals surface area (Å²) in [5.74, 6) is 1.58. The minimum atomic E-state index is -0.564. The molecule has 116 valence electrons. The third-order valence-electron chi connectivity index (χ3n) is 5.00. The van der Waals surface area contributed by atoms with E-state index in [0.717, 1.165) is 25.0 Å². The number of benzene rings is 1. The molecule has 3 rings (SSSR count). The van der Waals surface area contributed by atoms with Gasteiger partial charge in [0.2, 0.25) is 0 Å². The molecule has 3 heteroatoms. The van der Waals surface area contributed by atoms with Crippen LogP contribution in [-0.2, 0) is 0 Å². The van der Waals surface area contributed by atoms with E-state index in [1.165, 1.54) is 12.0 Å². The lowest BCUT2D eigenvalue weighted by Crippen LogP contribution is -2.48. The average Bonchev–Trinajstić information content (AvgIpc) is 2.65. The Bertz CT molecular complexity index is 514. The number of hydrogen-bond donors (Lipinski definition) is 2. The second-order valence-corrected chi connectivity index (χ2v) is 7.48. The number of nitrogens with one attached hydrogen (secondary N) is 1. The number of ether oxygens (including phenoxy) is 1. The van der Waals surface area contributed by atoms with Crippen LogP contribution < -0.4 is 10.1 Å². The van der Waals surface area contributed by atoms with E-state index in [9.17, 15) is 5.11 Å². The third kappa shape index (κ3) is 2.95. The molecule has 0 amide bonds. The molecule has 1 aliphatic heterocycles. The first-order valence-corrected chi connectivity index (χ1v) is 8.13. The van der Waals surface area contributed by atoms with Crippen LogP contribution in [-0.4, -0.2) is 22.9 Å². The Morgan fingerprint density at radius 3 is 2.86 bits per heavy atom. The van der Waals surface area contributed by atoms with Crippen molar-refractivity contribution in [1.29, 1.82) is 0 Å². The van der Waals surface area contributed by atoms with E-state index in [0.29, 0.717) is 12.5 Å². The summed E-state index contributed by atoms with van der Waals surface area (Å²) in [5, 5.41) is 14.4. The first-order chi connectivity index (χ1) is 9.90. The Balaban J connectivity index is 1.72. The van der Waals surface area contributed by atoms with Crippen LogP contribution in [0, 0.1) is 5.92 Å². The smallest absolute Gasteiger partial charge is 0.125 e. The Kier molecular flexibility index (Phi) is 3.74. The number of para-hydroxylation sites is 1. The molecule has 0 aromatic heterocycles. The van der Waals surface area contributed by atoms with Crippen LogP contribution >= 0.6 is 0 Å². The van der Waals surface area contributed by atoms with Crippen LogP contribution in [0.3, 0.4) is 0 Å². The van der Waals surface area contributed by atoms with Crippen LogP contribution in [0.4, 0.5) is 0 Å². The molecule has 0 spiro atoms. The lowest BCUT2D eigenvalue weighted by atomic mass is 9.78. The molecule has 2 N–H and O–H groups in total. The van der Waals surface area contributed by atoms with E-state index >= 15 is 0 Å². The highest BCUT2D eigenvalue weighted by molar-refractivity contribution is 5.42. The molecule has 1 heterocycles. The van der Waals surface area contributed by atoms with E-state index < -0.39 is 5.60 Å². The van der Waals surface area contributed by atoms with Crippen molar-refractivity contribution in [3.05, 3.63) is 29.8 Å². The SMILES string of the molecule is CC1CCCC(O)(CNC2c3ccccc3OC2(C)C)C1. The van der Waals surface area contributed by atoms with Crippen molar-refractivity contribution in [1.82, 2.24) is 5.32 Å². The summed E-state index contributed by atoms with van der Waals surface area (Å²) in [4.78, 5) is 0. The maximum absolute atomic E-state index is 10.8. The molecule has 1 aliphatic carbocycles. The highest BCUT2D eigenvalue weighted by atomic mass is 16.5. The second kappa shape index (κ2) is 5.29. The third-order valence-corrected chi connectivity index (χ3v) is 5.00. The molecule has 1 aromatic rings. The van der Waals surface area contributed by atoms with Gasteiger partial charge in [0.05, 0.1) is 11.6 Å². The molecule has 1 aromatic carbocycles. The van der Waals surface area contributed by atoms with Gasteiger partial charge in [-0.15, -0.1) is 0 Å². The largest absolute Gasteiger partial charge is 0.486 e. The van der Waals surface area contributed by atoms with Gasteiger partial charge in [-0.25, -0.2) is 0 Å². The quantitative estimate of drug-likeness (QED) is 0.896. The minimum Gasteiger partial charge on any atom is -0.486 e. The van der Waals surface area contributed by atoms with Crippen LogP contribution in [0.1, 0.15) is 58.1 Å². The van der Waals surface area contributed by atoms with Crippen molar-refractivity contribution >= 4 is 0 Å². The van der Waals surface area contributed by atoms with E-state index in [1.54, 1.807) is 0 Å². The van der Waals surface area contributed by atoms with Crippen LogP contribution in [0.15, 0.2) is 24.3 Å². The fourth-order valence-corrected chi connectivity index (χ4v) is 3.97. The Morgan fingerprint density at radius 2 is 2.10 bits per heavy atom. The molecular weight excluding hydrogens is 262 g/mol. The van der Waals surface area contributed by atoms with E-state index in [1.807, 2.05) is 12.1 Å². The predicted molar refractivity (Wildman–Crippen MR) is 84.5 cm³/mol. The first-order valence-electron chi connectivity index (χ1n) is 8.13. The molecule has 21 heavy (non-hydrogen) atoms. The molecule has 3 unspecified atom stereocenters. The van der Waals surface area contributed by atoms with Gasteiger partial charge in [-0.1, -0.05) is 38.0 Å². The molecule has 0 radical (unpaired) electrons. The van der Waals surface area contributed by atoms with Crippen molar-refractivity contribution in [2.24, 2.45) is 5.92 Å². The summed E-state index contributed by atoms with van der Waals surface area (Å²) in [7, 11) is 0. The maximum atomic E-state index is 10.8. The van der Waals surface area contributed by atoms with Crippen molar-refractivity contribution in [3.8, 4) is 5.75 Å². The lowest BCUT2D eigenvalue weighted by molar-refractivity contribution is -0.0193. The number of rotatable bonds is 3. The van der Waals surface area contributed by atoms with Gasteiger partial charge < -0.3 is 15.2 Å². The lowest BCUT2D eigenvalue weighted by Gasteiger charge is -2.38. The van der Waals surface area contributed by atoms with Crippen molar-refractivity contribution in [3.63, 3.8) is 0 Å².